The first-order valence-electron chi connectivity index (χ1n) is 10.1. The van der Waals surface area contributed by atoms with Crippen molar-refractivity contribution in [2.45, 2.75) is 32.7 Å². The molecule has 1 saturated heterocycles. The van der Waals surface area contributed by atoms with E-state index in [1.54, 1.807) is 7.11 Å². The lowest BCUT2D eigenvalue weighted by Crippen LogP contribution is -2.24. The zero-order valence-corrected chi connectivity index (χ0v) is 17.4. The van der Waals surface area contributed by atoms with Gasteiger partial charge in [0.05, 0.1) is 19.6 Å². The van der Waals surface area contributed by atoms with Crippen molar-refractivity contribution in [2.75, 3.05) is 20.3 Å². The standard InChI is InChI=1S/C23H25N3O4/c1-4-29-19-10-9-17(11-20(19)28-3)22-24-23(30-25-22)18-12-21(27)26(14-18)13-16-7-5-15(2)6-8-16/h5-11,18H,4,12-14H2,1-3H3. The molecule has 1 aliphatic rings. The van der Waals surface area contributed by atoms with E-state index in [0.717, 1.165) is 11.1 Å². The van der Waals surface area contributed by atoms with E-state index in [1.165, 1.54) is 5.56 Å². The monoisotopic (exact) mass is 407 g/mol. The predicted molar refractivity (Wildman–Crippen MR) is 111 cm³/mol. The fraction of sp³-hybridized carbons (Fsp3) is 0.348. The molecule has 0 radical (unpaired) electrons. The normalized spacial score (nSPS) is 16.2. The van der Waals surface area contributed by atoms with Gasteiger partial charge in [0.2, 0.25) is 17.6 Å². The molecule has 1 unspecified atom stereocenters. The van der Waals surface area contributed by atoms with Crippen LogP contribution in [0.5, 0.6) is 11.5 Å². The Morgan fingerprint density at radius 2 is 1.97 bits per heavy atom. The average molecular weight is 407 g/mol. The SMILES string of the molecule is CCOc1ccc(-c2noc(C3CC(=O)N(Cc4ccc(C)cc4)C3)n2)cc1OC. The van der Waals surface area contributed by atoms with Crippen molar-refractivity contribution in [3.8, 4) is 22.9 Å². The van der Waals surface area contributed by atoms with Gasteiger partial charge in [-0.2, -0.15) is 4.98 Å². The number of nitrogens with zero attached hydrogens (tertiary/aromatic N) is 3. The number of carbonyl (C=O) groups is 1. The number of aryl methyl sites for hydroxylation is 1. The van der Waals surface area contributed by atoms with E-state index in [4.69, 9.17) is 14.0 Å². The maximum Gasteiger partial charge on any atom is 0.232 e. The molecule has 1 aromatic heterocycles. The Morgan fingerprint density at radius 1 is 1.17 bits per heavy atom. The van der Waals surface area contributed by atoms with Gasteiger partial charge in [-0.05, 0) is 37.6 Å². The second-order valence-corrected chi connectivity index (χ2v) is 7.42. The average Bonchev–Trinajstić information content (AvgIpc) is 3.37. The van der Waals surface area contributed by atoms with E-state index < -0.39 is 0 Å². The highest BCUT2D eigenvalue weighted by Crippen LogP contribution is 2.33. The predicted octanol–water partition coefficient (Wildman–Crippen LogP) is 3.97. The van der Waals surface area contributed by atoms with Crippen molar-refractivity contribution in [3.05, 3.63) is 59.5 Å². The summed E-state index contributed by atoms with van der Waals surface area (Å²) < 4.78 is 16.5. The summed E-state index contributed by atoms with van der Waals surface area (Å²) in [5.41, 5.74) is 3.09. The van der Waals surface area contributed by atoms with Crippen molar-refractivity contribution in [2.24, 2.45) is 0 Å². The number of amides is 1. The van der Waals surface area contributed by atoms with Crippen LogP contribution in [0.25, 0.3) is 11.4 Å². The molecule has 0 bridgehead atoms. The van der Waals surface area contributed by atoms with Crippen molar-refractivity contribution in [1.29, 1.82) is 0 Å². The van der Waals surface area contributed by atoms with E-state index in [1.807, 2.05) is 36.9 Å². The molecule has 30 heavy (non-hydrogen) atoms. The zero-order chi connectivity index (χ0) is 21.1. The van der Waals surface area contributed by atoms with Gasteiger partial charge < -0.3 is 18.9 Å². The van der Waals surface area contributed by atoms with Crippen LogP contribution in [0.1, 0.15) is 36.3 Å². The number of benzene rings is 2. The summed E-state index contributed by atoms with van der Waals surface area (Å²) in [5.74, 6) is 2.23. The molecule has 7 heteroatoms. The number of hydrogen-bond donors (Lipinski definition) is 0. The van der Waals surface area contributed by atoms with Gasteiger partial charge in [-0.1, -0.05) is 35.0 Å². The minimum absolute atomic E-state index is 0.100. The second kappa shape index (κ2) is 8.57. The summed E-state index contributed by atoms with van der Waals surface area (Å²) in [5, 5.41) is 4.11. The minimum Gasteiger partial charge on any atom is -0.493 e. The molecule has 0 saturated carbocycles. The molecular formula is C23H25N3O4. The third-order valence-electron chi connectivity index (χ3n) is 5.22. The fourth-order valence-electron chi connectivity index (χ4n) is 3.60. The number of ether oxygens (including phenoxy) is 2. The van der Waals surface area contributed by atoms with E-state index in [9.17, 15) is 4.79 Å². The Hall–Kier alpha value is -3.35. The lowest BCUT2D eigenvalue weighted by molar-refractivity contribution is -0.128. The highest BCUT2D eigenvalue weighted by atomic mass is 16.5. The summed E-state index contributed by atoms with van der Waals surface area (Å²) >= 11 is 0. The van der Waals surface area contributed by atoms with Crippen LogP contribution in [-0.2, 0) is 11.3 Å². The minimum atomic E-state index is -0.103. The van der Waals surface area contributed by atoms with Crippen LogP contribution in [0.4, 0.5) is 0 Å². The largest absolute Gasteiger partial charge is 0.493 e. The van der Waals surface area contributed by atoms with Crippen LogP contribution in [0.3, 0.4) is 0 Å². The topological polar surface area (TPSA) is 77.7 Å². The molecule has 7 nitrogen and oxygen atoms in total. The Morgan fingerprint density at radius 3 is 2.70 bits per heavy atom. The van der Waals surface area contributed by atoms with Crippen molar-refractivity contribution >= 4 is 5.91 Å². The molecule has 1 fully saturated rings. The van der Waals surface area contributed by atoms with Crippen LogP contribution in [0, 0.1) is 6.92 Å². The highest BCUT2D eigenvalue weighted by Gasteiger charge is 2.34. The number of aromatic nitrogens is 2. The molecule has 1 atom stereocenters. The van der Waals surface area contributed by atoms with Crippen LogP contribution < -0.4 is 9.47 Å². The molecular weight excluding hydrogens is 382 g/mol. The Bertz CT molecular complexity index is 1030. The van der Waals surface area contributed by atoms with Gasteiger partial charge in [0.15, 0.2) is 11.5 Å². The molecule has 1 aliphatic heterocycles. The van der Waals surface area contributed by atoms with Gasteiger partial charge in [0, 0.05) is 25.1 Å². The highest BCUT2D eigenvalue weighted by molar-refractivity contribution is 5.79. The third-order valence-corrected chi connectivity index (χ3v) is 5.22. The van der Waals surface area contributed by atoms with Crippen LogP contribution in [-0.4, -0.2) is 41.2 Å². The lowest BCUT2D eigenvalue weighted by atomic mass is 10.1. The number of carbonyl (C=O) groups excluding carboxylic acids is 1. The van der Waals surface area contributed by atoms with Gasteiger partial charge in [-0.25, -0.2) is 0 Å². The van der Waals surface area contributed by atoms with Gasteiger partial charge in [-0.3, -0.25) is 4.79 Å². The number of hydrogen-bond acceptors (Lipinski definition) is 6. The molecule has 1 amide bonds. The molecule has 0 N–H and O–H groups in total. The number of likely N-dealkylation sites (tertiary alicyclic amines) is 1. The molecule has 3 aromatic rings. The van der Waals surface area contributed by atoms with Gasteiger partial charge >= 0.3 is 0 Å². The van der Waals surface area contributed by atoms with E-state index in [2.05, 4.69) is 34.4 Å². The summed E-state index contributed by atoms with van der Waals surface area (Å²) in [6.07, 6.45) is 0.375. The third kappa shape index (κ3) is 4.15. The van der Waals surface area contributed by atoms with Gasteiger partial charge in [-0.15, -0.1) is 0 Å². The maximum absolute atomic E-state index is 12.5. The van der Waals surface area contributed by atoms with Gasteiger partial charge in [0.1, 0.15) is 0 Å². The summed E-state index contributed by atoms with van der Waals surface area (Å²) in [6, 6.07) is 13.7. The summed E-state index contributed by atoms with van der Waals surface area (Å²) in [7, 11) is 1.59. The zero-order valence-electron chi connectivity index (χ0n) is 17.4. The Balaban J connectivity index is 1.47. The molecule has 0 spiro atoms. The summed E-state index contributed by atoms with van der Waals surface area (Å²) in [4.78, 5) is 18.9. The first-order valence-corrected chi connectivity index (χ1v) is 10.1. The van der Waals surface area contributed by atoms with Gasteiger partial charge in [0.25, 0.3) is 0 Å². The van der Waals surface area contributed by atoms with Crippen molar-refractivity contribution < 1.29 is 18.8 Å². The fourth-order valence-corrected chi connectivity index (χ4v) is 3.60. The molecule has 2 aromatic carbocycles. The van der Waals surface area contributed by atoms with Crippen LogP contribution >= 0.6 is 0 Å². The van der Waals surface area contributed by atoms with Crippen LogP contribution in [0.2, 0.25) is 0 Å². The summed E-state index contributed by atoms with van der Waals surface area (Å²) in [6.45, 7) is 5.68. The molecule has 4 rings (SSSR count). The molecule has 156 valence electrons. The quantitative estimate of drug-likeness (QED) is 0.590. The first kappa shape index (κ1) is 19.9. The van der Waals surface area contributed by atoms with Crippen molar-refractivity contribution in [3.63, 3.8) is 0 Å². The first-order chi connectivity index (χ1) is 14.6. The maximum atomic E-state index is 12.5. The van der Waals surface area contributed by atoms with E-state index >= 15 is 0 Å². The Labute approximate surface area is 175 Å². The van der Waals surface area contributed by atoms with Crippen LogP contribution in [0.15, 0.2) is 47.0 Å². The smallest absolute Gasteiger partial charge is 0.232 e. The van der Waals surface area contributed by atoms with E-state index in [0.29, 0.717) is 49.3 Å². The second-order valence-electron chi connectivity index (χ2n) is 7.42. The van der Waals surface area contributed by atoms with E-state index in [-0.39, 0.29) is 11.8 Å². The number of rotatable bonds is 7. The number of methoxy groups -OCH3 is 1. The van der Waals surface area contributed by atoms with Crippen molar-refractivity contribution in [1.82, 2.24) is 15.0 Å². The lowest BCUT2D eigenvalue weighted by Gasteiger charge is -2.16. The molecule has 0 aliphatic carbocycles. The molecule has 2 heterocycles. The Kier molecular flexibility index (Phi) is 5.70.